The summed E-state index contributed by atoms with van der Waals surface area (Å²) >= 11 is 0. The van der Waals surface area contributed by atoms with E-state index in [1.165, 1.54) is 0 Å². The molecule has 0 aromatic rings. The molecule has 0 spiro atoms. The molecule has 1 heterocycles. The fraction of sp³-hybridized carbons (Fsp3) is 1.00. The lowest BCUT2D eigenvalue weighted by Crippen LogP contribution is -2.33. The van der Waals surface area contributed by atoms with Gasteiger partial charge in [0.15, 0.2) is 0 Å². The third-order valence-electron chi connectivity index (χ3n) is 3.63. The molecule has 2 nitrogen and oxygen atoms in total. The second-order valence-electron chi connectivity index (χ2n) is 4.93. The molecule has 0 radical (unpaired) electrons. The molecule has 2 fully saturated rings. The van der Waals surface area contributed by atoms with Crippen LogP contribution < -0.4 is 5.73 Å². The van der Waals surface area contributed by atoms with E-state index in [0.717, 1.165) is 13.0 Å². The molecule has 0 aromatic heterocycles. The fourth-order valence-corrected chi connectivity index (χ4v) is 2.24. The first-order chi connectivity index (χ1) is 6.45. The van der Waals surface area contributed by atoms with Crippen molar-refractivity contribution in [2.24, 2.45) is 17.1 Å². The second-order valence-corrected chi connectivity index (χ2v) is 4.93. The summed E-state index contributed by atoms with van der Waals surface area (Å²) in [5.74, 6) is -2.20. The van der Waals surface area contributed by atoms with Crippen molar-refractivity contribution in [2.45, 2.75) is 38.2 Å². The van der Waals surface area contributed by atoms with Gasteiger partial charge in [-0.2, -0.15) is 0 Å². The van der Waals surface area contributed by atoms with Crippen molar-refractivity contribution in [2.75, 3.05) is 13.2 Å². The molecule has 2 N–H and O–H groups in total. The van der Waals surface area contributed by atoms with Crippen molar-refractivity contribution in [1.29, 1.82) is 0 Å². The lowest BCUT2D eigenvalue weighted by Gasteiger charge is -2.21. The monoisotopic (exact) mass is 205 g/mol. The van der Waals surface area contributed by atoms with Crippen LogP contribution in [0.15, 0.2) is 0 Å². The molecule has 2 aliphatic rings. The molecule has 1 saturated carbocycles. The molecule has 82 valence electrons. The number of nitrogens with two attached hydrogens (primary N) is 1. The van der Waals surface area contributed by atoms with Crippen LogP contribution in [0, 0.1) is 11.3 Å². The average molecular weight is 205 g/mol. The van der Waals surface area contributed by atoms with Gasteiger partial charge in [0.25, 0.3) is 5.92 Å². The van der Waals surface area contributed by atoms with Crippen LogP contribution in [-0.2, 0) is 4.74 Å². The molecule has 1 saturated heterocycles. The third-order valence-corrected chi connectivity index (χ3v) is 3.63. The Morgan fingerprint density at radius 3 is 2.64 bits per heavy atom. The van der Waals surface area contributed by atoms with Crippen LogP contribution >= 0.6 is 0 Å². The van der Waals surface area contributed by atoms with Gasteiger partial charge in [-0.05, 0) is 18.8 Å². The zero-order valence-corrected chi connectivity index (χ0v) is 8.43. The molecule has 0 bridgehead atoms. The van der Waals surface area contributed by atoms with Crippen LogP contribution in [0.4, 0.5) is 8.78 Å². The van der Waals surface area contributed by atoms with E-state index in [2.05, 4.69) is 0 Å². The Kier molecular flexibility index (Phi) is 2.31. The van der Waals surface area contributed by atoms with Crippen LogP contribution in [0.5, 0.6) is 0 Å². The van der Waals surface area contributed by atoms with Crippen molar-refractivity contribution in [3.05, 3.63) is 0 Å². The minimum atomic E-state index is -2.48. The van der Waals surface area contributed by atoms with E-state index >= 15 is 0 Å². The maximum atomic E-state index is 12.9. The summed E-state index contributed by atoms with van der Waals surface area (Å²) in [6.07, 6.45) is 1.35. The summed E-state index contributed by atoms with van der Waals surface area (Å²) in [5, 5.41) is 0. The number of ether oxygens (including phenoxy) is 1. The smallest absolute Gasteiger partial charge is 0.254 e. The topological polar surface area (TPSA) is 35.2 Å². The van der Waals surface area contributed by atoms with Gasteiger partial charge >= 0.3 is 0 Å². The summed E-state index contributed by atoms with van der Waals surface area (Å²) in [6.45, 7) is 3.00. The van der Waals surface area contributed by atoms with Gasteiger partial charge in [-0.1, -0.05) is 6.92 Å². The molecule has 3 unspecified atom stereocenters. The first-order valence-electron chi connectivity index (χ1n) is 5.16. The van der Waals surface area contributed by atoms with Crippen molar-refractivity contribution in [3.63, 3.8) is 0 Å². The molecule has 3 atom stereocenters. The predicted molar refractivity (Wildman–Crippen MR) is 49.2 cm³/mol. The molecule has 2 rings (SSSR count). The number of halogens is 2. The summed E-state index contributed by atoms with van der Waals surface area (Å²) < 4.78 is 31.1. The van der Waals surface area contributed by atoms with E-state index < -0.39 is 11.3 Å². The fourth-order valence-electron chi connectivity index (χ4n) is 2.24. The van der Waals surface area contributed by atoms with Crippen molar-refractivity contribution < 1.29 is 13.5 Å². The van der Waals surface area contributed by atoms with Gasteiger partial charge in [-0.25, -0.2) is 8.78 Å². The highest BCUT2D eigenvalue weighted by Gasteiger charge is 2.67. The molecule has 0 amide bonds. The zero-order chi connectivity index (χ0) is 10.4. The van der Waals surface area contributed by atoms with Gasteiger partial charge in [0.1, 0.15) is 0 Å². The molecule has 4 heteroatoms. The van der Waals surface area contributed by atoms with Gasteiger partial charge in [0.05, 0.1) is 6.61 Å². The molecule has 1 aliphatic heterocycles. The highest BCUT2D eigenvalue weighted by atomic mass is 19.3. The van der Waals surface area contributed by atoms with Crippen molar-refractivity contribution >= 4 is 0 Å². The first-order valence-corrected chi connectivity index (χ1v) is 5.16. The Hall–Kier alpha value is -0.220. The zero-order valence-electron chi connectivity index (χ0n) is 8.43. The number of hydrogen-bond donors (Lipinski definition) is 1. The van der Waals surface area contributed by atoms with Crippen LogP contribution in [0.3, 0.4) is 0 Å². The molecule has 0 aromatic carbocycles. The Labute approximate surface area is 82.8 Å². The van der Waals surface area contributed by atoms with E-state index in [-0.39, 0.29) is 18.4 Å². The van der Waals surface area contributed by atoms with Crippen LogP contribution in [0.2, 0.25) is 0 Å². The number of rotatable bonds is 3. The highest BCUT2D eigenvalue weighted by molar-refractivity contribution is 5.08. The average Bonchev–Trinajstić information content (AvgIpc) is 2.55. The number of alkyl halides is 2. The summed E-state index contributed by atoms with van der Waals surface area (Å²) in [4.78, 5) is 0. The standard InChI is InChI=1S/C10H17F2NO/c1-9(6-10(9,11)12)4-8(13)7-2-3-14-5-7/h7-8H,2-6,13H2,1H3. The normalized spacial score (nSPS) is 42.4. The van der Waals surface area contributed by atoms with Gasteiger partial charge in [-0.15, -0.1) is 0 Å². The lowest BCUT2D eigenvalue weighted by molar-refractivity contribution is 0.0611. The van der Waals surface area contributed by atoms with Gasteiger partial charge < -0.3 is 10.5 Å². The van der Waals surface area contributed by atoms with E-state index in [0.29, 0.717) is 13.0 Å². The molecule has 14 heavy (non-hydrogen) atoms. The van der Waals surface area contributed by atoms with Gasteiger partial charge in [0, 0.05) is 24.5 Å². The van der Waals surface area contributed by atoms with Gasteiger partial charge in [0.2, 0.25) is 0 Å². The maximum absolute atomic E-state index is 12.9. The van der Waals surface area contributed by atoms with Gasteiger partial charge in [-0.3, -0.25) is 0 Å². The number of hydrogen-bond acceptors (Lipinski definition) is 2. The minimum absolute atomic E-state index is 0.00127. The van der Waals surface area contributed by atoms with Crippen molar-refractivity contribution in [3.8, 4) is 0 Å². The maximum Gasteiger partial charge on any atom is 0.254 e. The lowest BCUT2D eigenvalue weighted by atomic mass is 9.89. The minimum Gasteiger partial charge on any atom is -0.381 e. The molecule has 1 aliphatic carbocycles. The van der Waals surface area contributed by atoms with E-state index in [9.17, 15) is 8.78 Å². The Balaban J connectivity index is 1.86. The summed E-state index contributed by atoms with van der Waals surface area (Å²) in [5.41, 5.74) is 5.07. The highest BCUT2D eigenvalue weighted by Crippen LogP contribution is 2.62. The molecular formula is C10H17F2NO. The predicted octanol–water partition coefficient (Wildman–Crippen LogP) is 1.79. The van der Waals surface area contributed by atoms with Crippen molar-refractivity contribution in [1.82, 2.24) is 0 Å². The largest absolute Gasteiger partial charge is 0.381 e. The van der Waals surface area contributed by atoms with Crippen LogP contribution in [-0.4, -0.2) is 25.2 Å². The Morgan fingerprint density at radius 1 is 1.57 bits per heavy atom. The third kappa shape index (κ3) is 1.65. The second kappa shape index (κ2) is 3.14. The summed E-state index contributed by atoms with van der Waals surface area (Å²) in [6, 6.07) is -0.129. The SMILES string of the molecule is CC1(CC(N)C2CCOC2)CC1(F)F. The van der Waals surface area contributed by atoms with Crippen LogP contribution in [0.1, 0.15) is 26.2 Å². The first kappa shape index (κ1) is 10.3. The quantitative estimate of drug-likeness (QED) is 0.762. The Bertz CT molecular complexity index is 228. The van der Waals surface area contributed by atoms with E-state index in [1.807, 2.05) is 0 Å². The Morgan fingerprint density at radius 2 is 2.21 bits per heavy atom. The van der Waals surface area contributed by atoms with E-state index in [4.69, 9.17) is 10.5 Å². The summed E-state index contributed by atoms with van der Waals surface area (Å²) in [7, 11) is 0. The van der Waals surface area contributed by atoms with Crippen LogP contribution in [0.25, 0.3) is 0 Å². The molecular weight excluding hydrogens is 188 g/mol. The van der Waals surface area contributed by atoms with E-state index in [1.54, 1.807) is 6.92 Å².